The zero-order chi connectivity index (χ0) is 12.5. The Bertz CT molecular complexity index is 703. The lowest BCUT2D eigenvalue weighted by molar-refractivity contribution is 0.419. The summed E-state index contributed by atoms with van der Waals surface area (Å²) < 4.78 is 5.32. The van der Waals surface area contributed by atoms with Gasteiger partial charge in [0, 0.05) is 29.0 Å². The van der Waals surface area contributed by atoms with Crippen molar-refractivity contribution in [3.05, 3.63) is 42.7 Å². The maximum absolute atomic E-state index is 5.79. The van der Waals surface area contributed by atoms with Gasteiger partial charge < -0.3 is 15.5 Å². The van der Waals surface area contributed by atoms with Gasteiger partial charge in [0.1, 0.15) is 5.75 Å². The Kier molecular flexibility index (Phi) is 2.41. The summed E-state index contributed by atoms with van der Waals surface area (Å²) >= 11 is 0. The number of pyridine rings is 1. The summed E-state index contributed by atoms with van der Waals surface area (Å²) in [5.74, 6) is 0.822. The molecule has 4 nitrogen and oxygen atoms in total. The molecule has 0 saturated carbocycles. The number of anilines is 1. The van der Waals surface area contributed by atoms with Gasteiger partial charge in [-0.15, -0.1) is 0 Å². The largest absolute Gasteiger partial charge is 0.495 e. The molecule has 0 aliphatic rings. The van der Waals surface area contributed by atoms with Crippen LogP contribution in [0.3, 0.4) is 0 Å². The van der Waals surface area contributed by atoms with E-state index in [2.05, 4.69) is 9.97 Å². The number of para-hydroxylation sites is 1. The number of hydrogen-bond acceptors (Lipinski definition) is 3. The van der Waals surface area contributed by atoms with E-state index in [0.717, 1.165) is 27.9 Å². The van der Waals surface area contributed by atoms with Crippen molar-refractivity contribution >= 4 is 16.6 Å². The first-order chi connectivity index (χ1) is 8.79. The summed E-state index contributed by atoms with van der Waals surface area (Å²) in [5, 5.41) is 1.08. The molecule has 18 heavy (non-hydrogen) atoms. The molecule has 0 aliphatic carbocycles. The van der Waals surface area contributed by atoms with Crippen molar-refractivity contribution < 1.29 is 4.74 Å². The van der Waals surface area contributed by atoms with Crippen molar-refractivity contribution in [2.45, 2.75) is 0 Å². The maximum Gasteiger partial charge on any atom is 0.142 e. The highest BCUT2D eigenvalue weighted by Gasteiger charge is 2.10. The molecule has 0 aliphatic heterocycles. The minimum absolute atomic E-state index is 0.706. The molecular formula is C14H13N3O. The molecule has 0 unspecified atom stereocenters. The number of rotatable bonds is 2. The molecule has 90 valence electrons. The fraction of sp³-hybridized carbons (Fsp3) is 0.0714. The molecule has 3 aromatic rings. The van der Waals surface area contributed by atoms with E-state index in [1.807, 2.05) is 30.5 Å². The smallest absolute Gasteiger partial charge is 0.142 e. The van der Waals surface area contributed by atoms with Crippen LogP contribution in [0.25, 0.3) is 22.2 Å². The first-order valence-corrected chi connectivity index (χ1v) is 5.65. The molecular weight excluding hydrogens is 226 g/mol. The van der Waals surface area contributed by atoms with Crippen LogP contribution in [0.15, 0.2) is 42.7 Å². The van der Waals surface area contributed by atoms with E-state index < -0.39 is 0 Å². The van der Waals surface area contributed by atoms with E-state index in [1.165, 1.54) is 0 Å². The highest BCUT2D eigenvalue weighted by Crippen LogP contribution is 2.32. The summed E-state index contributed by atoms with van der Waals surface area (Å²) in [6.45, 7) is 0. The van der Waals surface area contributed by atoms with Crippen molar-refractivity contribution in [1.29, 1.82) is 0 Å². The average molecular weight is 239 g/mol. The van der Waals surface area contributed by atoms with Gasteiger partial charge in [-0.3, -0.25) is 4.98 Å². The number of aromatic nitrogens is 2. The monoisotopic (exact) mass is 239 g/mol. The number of hydrogen-bond donors (Lipinski definition) is 2. The second-order valence-corrected chi connectivity index (χ2v) is 4.06. The summed E-state index contributed by atoms with van der Waals surface area (Å²) in [5.41, 5.74) is 9.35. The Morgan fingerprint density at radius 3 is 2.94 bits per heavy atom. The predicted molar refractivity (Wildman–Crippen MR) is 72.5 cm³/mol. The second-order valence-electron chi connectivity index (χ2n) is 4.06. The van der Waals surface area contributed by atoms with Gasteiger partial charge in [-0.05, 0) is 18.2 Å². The standard InChI is InChI=1S/C14H13N3O/c1-18-13-4-2-3-10-11(8-17-14(10)13)12-7-9(15)5-6-16-12/h2-8,17H,1H3,(H2,15,16). The Hall–Kier alpha value is -2.49. The van der Waals surface area contributed by atoms with Gasteiger partial charge in [0.25, 0.3) is 0 Å². The number of nitrogens with two attached hydrogens (primary N) is 1. The Morgan fingerprint density at radius 2 is 2.17 bits per heavy atom. The molecule has 0 bridgehead atoms. The normalized spacial score (nSPS) is 10.7. The van der Waals surface area contributed by atoms with E-state index >= 15 is 0 Å². The topological polar surface area (TPSA) is 63.9 Å². The van der Waals surface area contributed by atoms with Gasteiger partial charge in [-0.25, -0.2) is 0 Å². The molecule has 3 rings (SSSR count). The van der Waals surface area contributed by atoms with Crippen molar-refractivity contribution in [3.8, 4) is 17.0 Å². The molecule has 0 atom stereocenters. The third-order valence-electron chi connectivity index (χ3n) is 2.96. The average Bonchev–Trinajstić information content (AvgIpc) is 2.82. The molecule has 0 amide bonds. The van der Waals surface area contributed by atoms with Crippen LogP contribution in [0.1, 0.15) is 0 Å². The molecule has 2 heterocycles. The summed E-state index contributed by atoms with van der Waals surface area (Å²) in [4.78, 5) is 7.57. The van der Waals surface area contributed by atoms with E-state index in [0.29, 0.717) is 5.69 Å². The van der Waals surface area contributed by atoms with Crippen LogP contribution in [-0.2, 0) is 0 Å². The van der Waals surface area contributed by atoms with Gasteiger partial charge in [-0.1, -0.05) is 12.1 Å². The van der Waals surface area contributed by atoms with Gasteiger partial charge in [0.2, 0.25) is 0 Å². The van der Waals surface area contributed by atoms with E-state index in [4.69, 9.17) is 10.5 Å². The summed E-state index contributed by atoms with van der Waals surface area (Å²) in [6.07, 6.45) is 3.64. The molecule has 2 aromatic heterocycles. The van der Waals surface area contributed by atoms with Crippen LogP contribution in [0.5, 0.6) is 5.75 Å². The van der Waals surface area contributed by atoms with E-state index in [-0.39, 0.29) is 0 Å². The van der Waals surface area contributed by atoms with Gasteiger partial charge in [-0.2, -0.15) is 0 Å². The van der Waals surface area contributed by atoms with Crippen LogP contribution in [-0.4, -0.2) is 17.1 Å². The van der Waals surface area contributed by atoms with Crippen LogP contribution in [0.2, 0.25) is 0 Å². The third-order valence-corrected chi connectivity index (χ3v) is 2.96. The van der Waals surface area contributed by atoms with Crippen LogP contribution < -0.4 is 10.5 Å². The van der Waals surface area contributed by atoms with Crippen LogP contribution >= 0.6 is 0 Å². The molecule has 4 heteroatoms. The number of H-pyrrole nitrogens is 1. The van der Waals surface area contributed by atoms with Crippen molar-refractivity contribution in [3.63, 3.8) is 0 Å². The number of nitrogens with one attached hydrogen (secondary N) is 1. The fourth-order valence-electron chi connectivity index (χ4n) is 2.10. The zero-order valence-corrected chi connectivity index (χ0v) is 9.97. The number of benzene rings is 1. The maximum atomic E-state index is 5.79. The van der Waals surface area contributed by atoms with E-state index in [9.17, 15) is 0 Å². The van der Waals surface area contributed by atoms with Crippen LogP contribution in [0, 0.1) is 0 Å². The highest BCUT2D eigenvalue weighted by atomic mass is 16.5. The van der Waals surface area contributed by atoms with Crippen molar-refractivity contribution in [2.75, 3.05) is 12.8 Å². The van der Waals surface area contributed by atoms with Gasteiger partial charge >= 0.3 is 0 Å². The molecule has 0 fully saturated rings. The minimum atomic E-state index is 0.706. The molecule has 0 spiro atoms. The molecule has 1 aromatic carbocycles. The first-order valence-electron chi connectivity index (χ1n) is 5.65. The Morgan fingerprint density at radius 1 is 1.28 bits per heavy atom. The first kappa shape index (κ1) is 10.7. The fourth-order valence-corrected chi connectivity index (χ4v) is 2.10. The van der Waals surface area contributed by atoms with Crippen LogP contribution in [0.4, 0.5) is 5.69 Å². The predicted octanol–water partition coefficient (Wildman–Crippen LogP) is 2.82. The number of methoxy groups -OCH3 is 1. The van der Waals surface area contributed by atoms with Gasteiger partial charge in [0.15, 0.2) is 0 Å². The number of ether oxygens (including phenoxy) is 1. The van der Waals surface area contributed by atoms with E-state index in [1.54, 1.807) is 19.4 Å². The number of nitrogen functional groups attached to an aromatic ring is 1. The lowest BCUT2D eigenvalue weighted by atomic mass is 10.1. The summed E-state index contributed by atoms with van der Waals surface area (Å²) in [7, 11) is 1.66. The molecule has 3 N–H and O–H groups in total. The number of nitrogens with zero attached hydrogens (tertiary/aromatic N) is 1. The lowest BCUT2D eigenvalue weighted by Crippen LogP contribution is -1.88. The minimum Gasteiger partial charge on any atom is -0.495 e. The molecule has 0 radical (unpaired) electrons. The highest BCUT2D eigenvalue weighted by molar-refractivity contribution is 5.97. The van der Waals surface area contributed by atoms with Crippen molar-refractivity contribution in [2.24, 2.45) is 0 Å². The molecule has 0 saturated heterocycles. The summed E-state index contributed by atoms with van der Waals surface area (Å²) in [6, 6.07) is 9.57. The Balaban J connectivity index is 2.25. The second kappa shape index (κ2) is 4.07. The SMILES string of the molecule is COc1cccc2c(-c3cc(N)ccn3)c[nH]c12. The van der Waals surface area contributed by atoms with Crippen molar-refractivity contribution in [1.82, 2.24) is 9.97 Å². The van der Waals surface area contributed by atoms with Gasteiger partial charge in [0.05, 0.1) is 18.3 Å². The number of fused-ring (bicyclic) bond motifs is 1. The zero-order valence-electron chi connectivity index (χ0n) is 9.97. The third kappa shape index (κ3) is 1.59. The Labute approximate surface area is 104 Å². The number of aromatic amines is 1. The lowest BCUT2D eigenvalue weighted by Gasteiger charge is -2.02. The quantitative estimate of drug-likeness (QED) is 0.722.